The number of Topliss-reactive ketones (excluding diaryl/α,β-unsaturated/α-hetero) is 1. The molecule has 0 fully saturated rings. The van der Waals surface area contributed by atoms with Gasteiger partial charge in [0.25, 0.3) is 5.91 Å². The quantitative estimate of drug-likeness (QED) is 0.476. The zero-order valence-corrected chi connectivity index (χ0v) is 7.53. The highest BCUT2D eigenvalue weighted by Gasteiger charge is 2.24. The molecule has 12 heavy (non-hydrogen) atoms. The molecule has 1 amide bonds. The molecule has 0 rings (SSSR count). The summed E-state index contributed by atoms with van der Waals surface area (Å²) in [6, 6.07) is 0. The maximum Gasteiger partial charge on any atom is 0.296 e. The van der Waals surface area contributed by atoms with E-state index in [1.807, 2.05) is 13.8 Å². The van der Waals surface area contributed by atoms with E-state index in [1.54, 1.807) is 0 Å². The molecule has 0 radical (unpaired) electrons. The van der Waals surface area contributed by atoms with Crippen LogP contribution in [0.1, 0.15) is 27.2 Å². The topological polar surface area (TPSA) is 63.6 Å². The minimum Gasteiger partial charge on any atom is -0.299 e. The highest BCUT2D eigenvalue weighted by atomic mass is 16.3. The van der Waals surface area contributed by atoms with Crippen LogP contribution >= 0.6 is 0 Å². The molecule has 0 aromatic heterocycles. The van der Waals surface area contributed by atoms with Gasteiger partial charge in [0.2, 0.25) is 0 Å². The maximum absolute atomic E-state index is 10.9. The molecule has 0 saturated carbocycles. The zero-order chi connectivity index (χ0) is 9.72. The molecule has 0 saturated heterocycles. The minimum absolute atomic E-state index is 0.213. The summed E-state index contributed by atoms with van der Waals surface area (Å²) in [6.07, 6.45) is 0.403. The number of carbonyl (C=O) groups is 2. The summed E-state index contributed by atoms with van der Waals surface area (Å²) < 4.78 is 0. The molecule has 0 aromatic rings. The van der Waals surface area contributed by atoms with Crippen LogP contribution in [0.3, 0.4) is 0 Å². The van der Waals surface area contributed by atoms with Crippen molar-refractivity contribution in [2.24, 2.45) is 17.0 Å². The van der Waals surface area contributed by atoms with Gasteiger partial charge in [0.15, 0.2) is 0 Å². The van der Waals surface area contributed by atoms with Gasteiger partial charge >= 0.3 is 0 Å². The summed E-state index contributed by atoms with van der Waals surface area (Å²) in [5, 5.41) is 2.25. The fraction of sp³-hybridized carbons (Fsp3) is 0.750. The number of hydrogen-bond donors (Lipinski definition) is 0. The van der Waals surface area contributed by atoms with Crippen LogP contribution in [0.2, 0.25) is 0 Å². The SMILES string of the molecule is CC(=O)C(CC(C)C)C(=O)N=O. The van der Waals surface area contributed by atoms with Gasteiger partial charge in [0.05, 0.1) is 0 Å². The second-order valence-electron chi connectivity index (χ2n) is 3.22. The lowest BCUT2D eigenvalue weighted by atomic mass is 9.93. The lowest BCUT2D eigenvalue weighted by Crippen LogP contribution is -2.21. The molecule has 0 aromatic carbocycles. The van der Waals surface area contributed by atoms with E-state index in [0.29, 0.717) is 6.42 Å². The summed E-state index contributed by atoms with van der Waals surface area (Å²) in [4.78, 5) is 31.5. The molecule has 1 atom stereocenters. The summed E-state index contributed by atoms with van der Waals surface area (Å²) >= 11 is 0. The Labute approximate surface area is 71.3 Å². The summed E-state index contributed by atoms with van der Waals surface area (Å²) in [5.41, 5.74) is 0. The van der Waals surface area contributed by atoms with Gasteiger partial charge in [0.1, 0.15) is 11.7 Å². The van der Waals surface area contributed by atoms with Crippen LogP contribution in [0.5, 0.6) is 0 Å². The minimum atomic E-state index is -0.851. The van der Waals surface area contributed by atoms with Crippen molar-refractivity contribution in [1.29, 1.82) is 0 Å². The Morgan fingerprint density at radius 3 is 2.08 bits per heavy atom. The van der Waals surface area contributed by atoms with E-state index in [1.165, 1.54) is 6.92 Å². The molecule has 0 aliphatic carbocycles. The smallest absolute Gasteiger partial charge is 0.296 e. The number of carbonyl (C=O) groups excluding carboxylic acids is 2. The van der Waals surface area contributed by atoms with Crippen LogP contribution in [0, 0.1) is 16.7 Å². The number of hydrogen-bond acceptors (Lipinski definition) is 3. The molecule has 0 aliphatic rings. The fourth-order valence-electron chi connectivity index (χ4n) is 0.976. The number of ketones is 1. The normalized spacial score (nSPS) is 12.7. The highest BCUT2D eigenvalue weighted by Crippen LogP contribution is 2.14. The first kappa shape index (κ1) is 10.9. The van der Waals surface area contributed by atoms with Crippen molar-refractivity contribution in [3.63, 3.8) is 0 Å². The van der Waals surface area contributed by atoms with Gasteiger partial charge in [-0.05, 0) is 19.3 Å². The van der Waals surface area contributed by atoms with Crippen molar-refractivity contribution < 1.29 is 9.59 Å². The molecule has 0 spiro atoms. The van der Waals surface area contributed by atoms with Crippen LogP contribution in [-0.2, 0) is 9.59 Å². The Hall–Kier alpha value is -1.06. The van der Waals surface area contributed by atoms with Gasteiger partial charge < -0.3 is 0 Å². The lowest BCUT2D eigenvalue weighted by Gasteiger charge is -2.09. The van der Waals surface area contributed by atoms with Crippen LogP contribution in [0.4, 0.5) is 0 Å². The molecule has 0 N–H and O–H groups in total. The average molecular weight is 171 g/mol. The molecular formula is C8H13NO3. The number of nitrogens with zero attached hydrogens (tertiary/aromatic N) is 1. The molecule has 0 bridgehead atoms. The molecular weight excluding hydrogens is 158 g/mol. The first-order valence-electron chi connectivity index (χ1n) is 3.86. The Bertz CT molecular complexity index is 198. The predicted octanol–water partition coefficient (Wildman–Crippen LogP) is 1.53. The second kappa shape index (κ2) is 4.74. The monoisotopic (exact) mass is 171 g/mol. The van der Waals surface area contributed by atoms with E-state index < -0.39 is 11.8 Å². The number of rotatable bonds is 4. The molecule has 1 unspecified atom stereocenters. The predicted molar refractivity (Wildman–Crippen MR) is 44.4 cm³/mol. The van der Waals surface area contributed by atoms with Gasteiger partial charge in [-0.1, -0.05) is 13.8 Å². The summed E-state index contributed by atoms with van der Waals surface area (Å²) in [7, 11) is 0. The van der Waals surface area contributed by atoms with Crippen molar-refractivity contribution >= 4 is 11.7 Å². The van der Waals surface area contributed by atoms with Crippen LogP contribution in [0.15, 0.2) is 5.18 Å². The zero-order valence-electron chi connectivity index (χ0n) is 7.53. The van der Waals surface area contributed by atoms with Crippen molar-refractivity contribution in [3.8, 4) is 0 Å². The van der Waals surface area contributed by atoms with Gasteiger partial charge in [-0.3, -0.25) is 9.59 Å². The van der Waals surface area contributed by atoms with Crippen molar-refractivity contribution in [3.05, 3.63) is 4.91 Å². The molecule has 4 nitrogen and oxygen atoms in total. The molecule has 0 heterocycles. The van der Waals surface area contributed by atoms with Crippen LogP contribution < -0.4 is 0 Å². The summed E-state index contributed by atoms with van der Waals surface area (Å²) in [5.74, 6) is -1.75. The molecule has 4 heteroatoms. The largest absolute Gasteiger partial charge is 0.299 e. The highest BCUT2D eigenvalue weighted by molar-refractivity contribution is 6.00. The molecule has 68 valence electrons. The van der Waals surface area contributed by atoms with E-state index in [0.717, 1.165) is 0 Å². The van der Waals surface area contributed by atoms with Gasteiger partial charge in [-0.2, -0.15) is 0 Å². The Balaban J connectivity index is 4.33. The first-order valence-corrected chi connectivity index (χ1v) is 3.86. The van der Waals surface area contributed by atoms with E-state index in [-0.39, 0.29) is 11.7 Å². The van der Waals surface area contributed by atoms with Crippen molar-refractivity contribution in [2.45, 2.75) is 27.2 Å². The number of nitroso groups, excluding NO2 is 1. The van der Waals surface area contributed by atoms with Crippen LogP contribution in [0.25, 0.3) is 0 Å². The second-order valence-corrected chi connectivity index (χ2v) is 3.22. The van der Waals surface area contributed by atoms with Crippen molar-refractivity contribution in [2.75, 3.05) is 0 Å². The lowest BCUT2D eigenvalue weighted by molar-refractivity contribution is -0.131. The Morgan fingerprint density at radius 1 is 1.33 bits per heavy atom. The van der Waals surface area contributed by atoms with E-state index in [2.05, 4.69) is 5.18 Å². The first-order chi connectivity index (χ1) is 5.49. The fourth-order valence-corrected chi connectivity index (χ4v) is 0.976. The maximum atomic E-state index is 10.9. The van der Waals surface area contributed by atoms with E-state index in [4.69, 9.17) is 0 Å². The average Bonchev–Trinajstić information content (AvgIpc) is 1.98. The third kappa shape index (κ3) is 3.37. The molecule has 0 aliphatic heterocycles. The Morgan fingerprint density at radius 2 is 1.83 bits per heavy atom. The number of amides is 1. The van der Waals surface area contributed by atoms with Crippen LogP contribution in [-0.4, -0.2) is 11.7 Å². The third-order valence-electron chi connectivity index (χ3n) is 1.59. The van der Waals surface area contributed by atoms with E-state index in [9.17, 15) is 14.5 Å². The van der Waals surface area contributed by atoms with E-state index >= 15 is 0 Å². The van der Waals surface area contributed by atoms with Crippen molar-refractivity contribution in [1.82, 2.24) is 0 Å². The van der Waals surface area contributed by atoms with Gasteiger partial charge in [-0.15, -0.1) is 4.91 Å². The van der Waals surface area contributed by atoms with Gasteiger partial charge in [-0.25, -0.2) is 0 Å². The third-order valence-corrected chi connectivity index (χ3v) is 1.59. The standard InChI is InChI=1S/C8H13NO3/c1-5(2)4-7(6(3)10)8(11)9-12/h5,7H,4H2,1-3H3. The summed E-state index contributed by atoms with van der Waals surface area (Å²) in [6.45, 7) is 5.07. The van der Waals surface area contributed by atoms with Gasteiger partial charge in [0, 0.05) is 5.18 Å². The Kier molecular flexibility index (Phi) is 4.33.